The number of benzene rings is 2. The van der Waals surface area contributed by atoms with Gasteiger partial charge in [0.05, 0.1) is 22.5 Å². The lowest BCUT2D eigenvalue weighted by Gasteiger charge is -2.20. The number of carbonyl (C=O) groups is 4. The number of hydrogen-bond acceptors (Lipinski definition) is 4. The molecule has 0 aromatic heterocycles. The van der Waals surface area contributed by atoms with Gasteiger partial charge in [-0.3, -0.25) is 19.2 Å². The van der Waals surface area contributed by atoms with Gasteiger partial charge in [-0.05, 0) is 42.8 Å². The van der Waals surface area contributed by atoms with Crippen molar-refractivity contribution in [2.75, 3.05) is 22.9 Å². The van der Waals surface area contributed by atoms with E-state index in [9.17, 15) is 28.0 Å². The molecule has 27 heavy (non-hydrogen) atoms. The second-order valence-corrected chi connectivity index (χ2v) is 6.25. The van der Waals surface area contributed by atoms with Gasteiger partial charge in [0.1, 0.15) is 11.6 Å². The summed E-state index contributed by atoms with van der Waals surface area (Å²) < 4.78 is 26.6. The predicted octanol–water partition coefficient (Wildman–Crippen LogP) is 2.11. The molecule has 2 heterocycles. The van der Waals surface area contributed by atoms with Crippen molar-refractivity contribution in [2.45, 2.75) is 6.42 Å². The summed E-state index contributed by atoms with van der Waals surface area (Å²) in [7, 11) is 0. The molecule has 2 aromatic carbocycles. The third-order valence-electron chi connectivity index (χ3n) is 4.63. The first-order chi connectivity index (χ1) is 12.9. The molecule has 6 nitrogen and oxygen atoms in total. The molecular weight excluding hydrogens is 358 g/mol. The quantitative estimate of drug-likeness (QED) is 0.773. The third-order valence-corrected chi connectivity index (χ3v) is 4.63. The molecular formula is C19H12F2N2O4. The van der Waals surface area contributed by atoms with Crippen molar-refractivity contribution in [3.8, 4) is 0 Å². The molecule has 0 atom stereocenters. The zero-order valence-electron chi connectivity index (χ0n) is 13.9. The van der Waals surface area contributed by atoms with Gasteiger partial charge in [-0.2, -0.15) is 0 Å². The second-order valence-electron chi connectivity index (χ2n) is 6.25. The van der Waals surface area contributed by atoms with Crippen LogP contribution in [0.5, 0.6) is 0 Å². The van der Waals surface area contributed by atoms with E-state index in [1.54, 1.807) is 0 Å². The smallest absolute Gasteiger partial charge is 0.299 e. The fraction of sp³-hybridized carbons (Fsp3) is 0.158. The topological polar surface area (TPSA) is 74.8 Å². The summed E-state index contributed by atoms with van der Waals surface area (Å²) >= 11 is 0. The van der Waals surface area contributed by atoms with Gasteiger partial charge in [-0.15, -0.1) is 0 Å². The summed E-state index contributed by atoms with van der Waals surface area (Å²) in [4.78, 5) is 50.6. The Labute approximate surface area is 152 Å². The van der Waals surface area contributed by atoms with E-state index in [1.165, 1.54) is 21.9 Å². The highest BCUT2D eigenvalue weighted by Crippen LogP contribution is 2.31. The van der Waals surface area contributed by atoms with Gasteiger partial charge in [-0.1, -0.05) is 0 Å². The van der Waals surface area contributed by atoms with E-state index >= 15 is 0 Å². The number of nitrogens with zero attached hydrogens (tertiary/aromatic N) is 2. The third kappa shape index (κ3) is 2.61. The number of rotatable bonds is 4. The summed E-state index contributed by atoms with van der Waals surface area (Å²) in [5, 5.41) is 0. The zero-order chi connectivity index (χ0) is 19.3. The Hall–Kier alpha value is -3.42. The van der Waals surface area contributed by atoms with Crippen LogP contribution in [0.3, 0.4) is 0 Å². The Balaban J connectivity index is 1.50. The maximum absolute atomic E-state index is 13.3. The van der Waals surface area contributed by atoms with Crippen LogP contribution >= 0.6 is 0 Å². The molecule has 2 aliphatic rings. The van der Waals surface area contributed by atoms with Gasteiger partial charge in [-0.25, -0.2) is 8.78 Å². The minimum atomic E-state index is -0.780. The molecule has 2 aliphatic heterocycles. The van der Waals surface area contributed by atoms with Crippen LogP contribution in [-0.4, -0.2) is 36.5 Å². The predicted molar refractivity (Wildman–Crippen MR) is 90.8 cm³/mol. The zero-order valence-corrected chi connectivity index (χ0v) is 13.9. The van der Waals surface area contributed by atoms with Crippen molar-refractivity contribution in [1.82, 2.24) is 0 Å². The van der Waals surface area contributed by atoms with Crippen LogP contribution in [0.1, 0.15) is 27.1 Å². The van der Waals surface area contributed by atoms with Crippen molar-refractivity contribution < 1.29 is 28.0 Å². The van der Waals surface area contributed by atoms with E-state index in [0.717, 1.165) is 24.3 Å². The highest BCUT2D eigenvalue weighted by molar-refractivity contribution is 6.53. The molecule has 0 spiro atoms. The maximum atomic E-state index is 13.3. The fourth-order valence-electron chi connectivity index (χ4n) is 3.38. The maximum Gasteiger partial charge on any atom is 0.299 e. The van der Waals surface area contributed by atoms with Crippen molar-refractivity contribution >= 4 is 34.8 Å². The van der Waals surface area contributed by atoms with Gasteiger partial charge in [0.15, 0.2) is 0 Å². The molecule has 0 bridgehead atoms. The van der Waals surface area contributed by atoms with Gasteiger partial charge in [0.25, 0.3) is 23.4 Å². The van der Waals surface area contributed by atoms with Crippen LogP contribution < -0.4 is 9.80 Å². The highest BCUT2D eigenvalue weighted by Gasteiger charge is 2.38. The molecule has 0 fully saturated rings. The van der Waals surface area contributed by atoms with Crippen LogP contribution in [0.4, 0.5) is 20.2 Å². The Morgan fingerprint density at radius 1 is 0.667 bits per heavy atom. The van der Waals surface area contributed by atoms with Crippen LogP contribution in [0.25, 0.3) is 0 Å². The number of ketones is 2. The first kappa shape index (κ1) is 17.0. The number of Topliss-reactive ketones (excluding diaryl/α,β-unsaturated/α-hetero) is 2. The Bertz CT molecular complexity index is 953. The highest BCUT2D eigenvalue weighted by atomic mass is 19.1. The standard InChI is InChI=1S/C19H12F2N2O4/c20-10-2-4-14-12(8-10)16(24)18(26)22(14)6-1-7-23-15-5-3-11(21)9-13(15)17(25)19(23)27/h2-5,8-9H,1,6-7H2. The summed E-state index contributed by atoms with van der Waals surface area (Å²) in [6.45, 7) is 0.218. The van der Waals surface area contributed by atoms with E-state index in [2.05, 4.69) is 0 Å². The molecule has 8 heteroatoms. The molecule has 0 radical (unpaired) electrons. The molecule has 0 saturated heterocycles. The summed E-state index contributed by atoms with van der Waals surface area (Å²) in [5.74, 6) is -4.30. The van der Waals surface area contributed by atoms with Crippen LogP contribution in [0.2, 0.25) is 0 Å². The number of halogens is 2. The number of anilines is 2. The average Bonchev–Trinajstić information content (AvgIpc) is 3.02. The van der Waals surface area contributed by atoms with E-state index in [4.69, 9.17) is 0 Å². The lowest BCUT2D eigenvalue weighted by Crippen LogP contribution is -2.35. The molecule has 0 unspecified atom stereocenters. The van der Waals surface area contributed by atoms with Crippen molar-refractivity contribution in [3.05, 3.63) is 59.2 Å². The molecule has 136 valence electrons. The van der Waals surface area contributed by atoms with E-state index in [1.807, 2.05) is 0 Å². The summed E-state index contributed by atoms with van der Waals surface area (Å²) in [6.07, 6.45) is 0.270. The average molecular weight is 370 g/mol. The minimum Gasteiger partial charge on any atom is -0.305 e. The largest absolute Gasteiger partial charge is 0.305 e. The minimum absolute atomic E-state index is 0.00764. The lowest BCUT2D eigenvalue weighted by molar-refractivity contribution is -0.114. The van der Waals surface area contributed by atoms with Crippen LogP contribution in [0.15, 0.2) is 36.4 Å². The number of carbonyl (C=O) groups excluding carboxylic acids is 4. The SMILES string of the molecule is O=C1C(=O)N(CCCN2C(=O)C(=O)c3cc(F)ccc32)c2ccc(F)cc21. The summed E-state index contributed by atoms with van der Waals surface area (Å²) in [6, 6.07) is 7.06. The Morgan fingerprint density at radius 2 is 1.07 bits per heavy atom. The molecule has 0 saturated carbocycles. The molecule has 0 aliphatic carbocycles. The molecule has 0 N–H and O–H groups in total. The Morgan fingerprint density at radius 3 is 1.48 bits per heavy atom. The van der Waals surface area contributed by atoms with Crippen LogP contribution in [-0.2, 0) is 9.59 Å². The van der Waals surface area contributed by atoms with E-state index in [-0.39, 0.29) is 30.6 Å². The number of hydrogen-bond donors (Lipinski definition) is 0. The first-order valence-corrected chi connectivity index (χ1v) is 8.20. The van der Waals surface area contributed by atoms with Crippen molar-refractivity contribution in [1.29, 1.82) is 0 Å². The van der Waals surface area contributed by atoms with Gasteiger partial charge < -0.3 is 9.80 Å². The normalized spacial score (nSPS) is 15.6. The molecule has 2 amide bonds. The van der Waals surface area contributed by atoms with E-state index < -0.39 is 35.0 Å². The second kappa shape index (κ2) is 6.08. The lowest BCUT2D eigenvalue weighted by atomic mass is 10.1. The molecule has 2 aromatic rings. The van der Waals surface area contributed by atoms with Crippen molar-refractivity contribution in [3.63, 3.8) is 0 Å². The van der Waals surface area contributed by atoms with Gasteiger partial charge >= 0.3 is 0 Å². The Kier molecular flexibility index (Phi) is 3.83. The monoisotopic (exact) mass is 370 g/mol. The van der Waals surface area contributed by atoms with Gasteiger partial charge in [0, 0.05) is 13.1 Å². The van der Waals surface area contributed by atoms with Gasteiger partial charge in [0.2, 0.25) is 0 Å². The van der Waals surface area contributed by atoms with E-state index in [0.29, 0.717) is 11.4 Å². The first-order valence-electron chi connectivity index (χ1n) is 8.20. The summed E-state index contributed by atoms with van der Waals surface area (Å²) in [5.41, 5.74) is 0.650. The number of fused-ring (bicyclic) bond motifs is 2. The van der Waals surface area contributed by atoms with Crippen molar-refractivity contribution in [2.24, 2.45) is 0 Å². The van der Waals surface area contributed by atoms with Crippen LogP contribution in [0, 0.1) is 11.6 Å². The fourth-order valence-corrected chi connectivity index (χ4v) is 3.38. The number of amides is 2. The molecule has 4 rings (SSSR count).